The summed E-state index contributed by atoms with van der Waals surface area (Å²) in [5, 5.41) is 10.4. The molecular weight excluding hydrogens is 537 g/mol. The summed E-state index contributed by atoms with van der Waals surface area (Å²) < 4.78 is 2.67. The van der Waals surface area contributed by atoms with Crippen LogP contribution in [0.5, 0.6) is 0 Å². The van der Waals surface area contributed by atoms with Crippen molar-refractivity contribution in [3.63, 3.8) is 0 Å². The summed E-state index contributed by atoms with van der Waals surface area (Å²) in [6, 6.07) is 57.9. The Labute approximate surface area is 254 Å². The van der Waals surface area contributed by atoms with Crippen LogP contribution in [0.2, 0.25) is 0 Å². The summed E-state index contributed by atoms with van der Waals surface area (Å²) in [4.78, 5) is 0. The maximum Gasteiger partial charge on any atom is 0.0368 e. The maximum atomic E-state index is 2.41. The highest BCUT2D eigenvalue weighted by Gasteiger charge is 2.18. The molecule has 200 valence electrons. The number of thiophene rings is 1. The molecule has 0 atom stereocenters. The van der Waals surface area contributed by atoms with Crippen molar-refractivity contribution in [3.05, 3.63) is 158 Å². The third kappa shape index (κ3) is 3.75. The van der Waals surface area contributed by atoms with Crippen molar-refractivity contribution in [1.82, 2.24) is 0 Å². The lowest BCUT2D eigenvalue weighted by Crippen LogP contribution is -1.91. The first-order valence-corrected chi connectivity index (χ1v) is 15.6. The molecule has 0 spiro atoms. The fourth-order valence-corrected chi connectivity index (χ4v) is 8.19. The van der Waals surface area contributed by atoms with Crippen LogP contribution in [-0.4, -0.2) is 0 Å². The molecule has 0 saturated heterocycles. The van der Waals surface area contributed by atoms with E-state index in [-0.39, 0.29) is 0 Å². The van der Waals surface area contributed by atoms with Gasteiger partial charge < -0.3 is 0 Å². The van der Waals surface area contributed by atoms with Crippen molar-refractivity contribution in [3.8, 4) is 33.4 Å². The lowest BCUT2D eigenvalue weighted by Gasteiger charge is -2.18. The number of rotatable bonds is 3. The smallest absolute Gasteiger partial charge is 0.0368 e. The highest BCUT2D eigenvalue weighted by molar-refractivity contribution is 7.26. The minimum Gasteiger partial charge on any atom is -0.135 e. The van der Waals surface area contributed by atoms with Crippen LogP contribution in [0.4, 0.5) is 0 Å². The van der Waals surface area contributed by atoms with Crippen LogP contribution in [0.25, 0.3) is 85.9 Å². The van der Waals surface area contributed by atoms with Crippen LogP contribution < -0.4 is 0 Å². The summed E-state index contributed by atoms with van der Waals surface area (Å²) >= 11 is 1.89. The molecule has 9 aromatic rings. The molecule has 0 unspecified atom stereocenters. The third-order valence-corrected chi connectivity index (χ3v) is 9.96. The summed E-state index contributed by atoms with van der Waals surface area (Å²) in [6.07, 6.45) is 0. The first-order chi connectivity index (χ1) is 21.3. The molecule has 8 aromatic carbocycles. The van der Waals surface area contributed by atoms with Crippen molar-refractivity contribution in [2.24, 2.45) is 0 Å². The molecule has 0 aliphatic heterocycles. The Morgan fingerprint density at radius 2 is 0.791 bits per heavy atom. The zero-order valence-corrected chi connectivity index (χ0v) is 24.2. The van der Waals surface area contributed by atoms with Gasteiger partial charge in [0.15, 0.2) is 0 Å². The minimum absolute atomic E-state index is 1.24. The largest absolute Gasteiger partial charge is 0.135 e. The lowest BCUT2D eigenvalue weighted by molar-refractivity contribution is 1.64. The molecule has 0 nitrogen and oxygen atoms in total. The Kier molecular flexibility index (Phi) is 5.47. The number of fused-ring (bicyclic) bond motifs is 7. The van der Waals surface area contributed by atoms with Gasteiger partial charge in [0.2, 0.25) is 0 Å². The van der Waals surface area contributed by atoms with Crippen LogP contribution in [-0.2, 0) is 0 Å². The van der Waals surface area contributed by atoms with E-state index in [1.54, 1.807) is 0 Å². The van der Waals surface area contributed by atoms with Crippen LogP contribution in [0.3, 0.4) is 0 Å². The van der Waals surface area contributed by atoms with Gasteiger partial charge in [-0.15, -0.1) is 11.3 Å². The molecule has 0 bridgehead atoms. The molecule has 1 heteroatoms. The highest BCUT2D eigenvalue weighted by Crippen LogP contribution is 2.46. The molecule has 9 rings (SSSR count). The highest BCUT2D eigenvalue weighted by atomic mass is 32.1. The molecular formula is C42H26S. The summed E-state index contributed by atoms with van der Waals surface area (Å²) in [6.45, 7) is 0. The Morgan fingerprint density at radius 3 is 1.47 bits per heavy atom. The monoisotopic (exact) mass is 562 g/mol. The summed E-state index contributed by atoms with van der Waals surface area (Å²) in [5.74, 6) is 0. The molecule has 0 amide bonds. The van der Waals surface area contributed by atoms with E-state index in [0.717, 1.165) is 0 Å². The third-order valence-electron chi connectivity index (χ3n) is 8.84. The molecule has 0 aliphatic rings. The minimum atomic E-state index is 1.24. The van der Waals surface area contributed by atoms with Gasteiger partial charge in [-0.25, -0.2) is 0 Å². The fraction of sp³-hybridized carbons (Fsp3) is 0. The van der Waals surface area contributed by atoms with E-state index < -0.39 is 0 Å². The molecule has 0 saturated carbocycles. The Hall–Kier alpha value is -5.24. The summed E-state index contributed by atoms with van der Waals surface area (Å²) in [7, 11) is 0. The van der Waals surface area contributed by atoms with Crippen LogP contribution >= 0.6 is 11.3 Å². The Morgan fingerprint density at radius 1 is 0.302 bits per heavy atom. The van der Waals surface area contributed by atoms with Gasteiger partial charge in [-0.2, -0.15) is 0 Å². The van der Waals surface area contributed by atoms with Gasteiger partial charge in [-0.3, -0.25) is 0 Å². The van der Waals surface area contributed by atoms with E-state index in [0.29, 0.717) is 0 Å². The predicted octanol–water partition coefficient (Wildman–Crippen LogP) is 12.5. The standard InChI is InChI=1S/C42H26S/c1-2-13-27(14-3-1)40-32-19-6-8-21-34(32)41(35-22-9-7-20-33(35)40)29-16-12-15-28(25-29)37-26-39-42(31-18-5-4-17-30(31)37)36-23-10-11-24-38(36)43-39/h1-26H. The van der Waals surface area contributed by atoms with Crippen LogP contribution in [0.15, 0.2) is 158 Å². The first-order valence-electron chi connectivity index (χ1n) is 14.8. The Bertz CT molecular complexity index is 2440. The van der Waals surface area contributed by atoms with E-state index in [1.807, 2.05) is 11.3 Å². The van der Waals surface area contributed by atoms with Gasteiger partial charge in [-0.05, 0) is 83.9 Å². The van der Waals surface area contributed by atoms with Crippen molar-refractivity contribution >= 4 is 63.8 Å². The summed E-state index contributed by atoms with van der Waals surface area (Å²) in [5.41, 5.74) is 7.61. The molecule has 0 fully saturated rings. The number of benzene rings is 8. The molecule has 43 heavy (non-hydrogen) atoms. The number of hydrogen-bond donors (Lipinski definition) is 0. The van der Waals surface area contributed by atoms with Gasteiger partial charge in [0.1, 0.15) is 0 Å². The molecule has 0 N–H and O–H groups in total. The van der Waals surface area contributed by atoms with Gasteiger partial charge in [0, 0.05) is 20.2 Å². The zero-order chi connectivity index (χ0) is 28.3. The molecule has 1 heterocycles. The quantitative estimate of drug-likeness (QED) is 0.188. The SMILES string of the molecule is c1ccc(-c2c3ccccc3c(-c3cccc(-c4cc5sc6ccccc6c5c5ccccc45)c3)c3ccccc23)cc1. The average molecular weight is 563 g/mol. The van der Waals surface area contributed by atoms with Crippen molar-refractivity contribution < 1.29 is 0 Å². The second-order valence-corrected chi connectivity index (χ2v) is 12.3. The van der Waals surface area contributed by atoms with Gasteiger partial charge >= 0.3 is 0 Å². The van der Waals surface area contributed by atoms with Crippen LogP contribution in [0.1, 0.15) is 0 Å². The van der Waals surface area contributed by atoms with E-state index >= 15 is 0 Å². The predicted molar refractivity (Wildman–Crippen MR) is 188 cm³/mol. The molecule has 1 aromatic heterocycles. The van der Waals surface area contributed by atoms with Gasteiger partial charge in [-0.1, -0.05) is 140 Å². The zero-order valence-electron chi connectivity index (χ0n) is 23.4. The van der Waals surface area contributed by atoms with Crippen molar-refractivity contribution in [2.75, 3.05) is 0 Å². The molecule has 0 aliphatic carbocycles. The topological polar surface area (TPSA) is 0 Å². The van der Waals surface area contributed by atoms with Crippen LogP contribution in [0, 0.1) is 0 Å². The van der Waals surface area contributed by atoms with Crippen molar-refractivity contribution in [1.29, 1.82) is 0 Å². The Balaban J connectivity index is 1.34. The maximum absolute atomic E-state index is 2.41. The fourth-order valence-electron chi connectivity index (χ4n) is 7.02. The second-order valence-electron chi connectivity index (χ2n) is 11.2. The van der Waals surface area contributed by atoms with E-state index in [4.69, 9.17) is 0 Å². The normalized spacial score (nSPS) is 11.7. The van der Waals surface area contributed by atoms with Gasteiger partial charge in [0.25, 0.3) is 0 Å². The lowest BCUT2D eigenvalue weighted by atomic mass is 9.85. The first kappa shape index (κ1) is 24.4. The van der Waals surface area contributed by atoms with E-state index in [1.165, 1.54) is 85.9 Å². The second kappa shape index (κ2) is 9.66. The van der Waals surface area contributed by atoms with E-state index in [2.05, 4.69) is 158 Å². The average Bonchev–Trinajstić information content (AvgIpc) is 3.46. The van der Waals surface area contributed by atoms with Gasteiger partial charge in [0.05, 0.1) is 0 Å². The number of hydrogen-bond acceptors (Lipinski definition) is 1. The van der Waals surface area contributed by atoms with Crippen molar-refractivity contribution in [2.45, 2.75) is 0 Å². The van der Waals surface area contributed by atoms with E-state index in [9.17, 15) is 0 Å². The molecule has 0 radical (unpaired) electrons.